The molecule has 0 aromatic rings. The van der Waals surface area contributed by atoms with Crippen molar-refractivity contribution in [2.45, 2.75) is 19.3 Å². The van der Waals surface area contributed by atoms with Gasteiger partial charge in [0.2, 0.25) is 0 Å². The molecular formula is C3H12AlNO3P+. The maximum atomic E-state index is 9.17. The predicted molar refractivity (Wildman–Crippen MR) is 38.9 cm³/mol. The maximum absolute atomic E-state index is 9.17. The maximum Gasteiger partial charge on any atom is 0.713 e. The zero-order valence-corrected chi connectivity index (χ0v) is 5.30. The number of rotatable bonds is 1. The highest BCUT2D eigenvalue weighted by atomic mass is 31.1. The van der Waals surface area contributed by atoms with E-state index in [0.29, 0.717) is 0 Å². The Morgan fingerprint density at radius 3 is 1.67 bits per heavy atom. The summed E-state index contributed by atoms with van der Waals surface area (Å²) in [5.41, 5.74) is 0. The molecule has 0 radical (unpaired) electrons. The van der Waals surface area contributed by atoms with Crippen LogP contribution in [0.4, 0.5) is 0 Å². The molecular weight excluding hydrogens is 156 g/mol. The highest BCUT2D eigenvalue weighted by Gasteiger charge is 2.04. The van der Waals surface area contributed by atoms with Crippen molar-refractivity contribution in [3.63, 3.8) is 0 Å². The molecule has 0 heterocycles. The van der Waals surface area contributed by atoms with Gasteiger partial charge in [0.1, 0.15) is 0 Å². The molecule has 6 heteroatoms. The monoisotopic (exact) mass is 168 g/mol. The van der Waals surface area contributed by atoms with E-state index < -0.39 is 8.25 Å². The molecule has 54 valence electrons. The van der Waals surface area contributed by atoms with Crippen LogP contribution in [0.1, 0.15) is 19.3 Å². The molecule has 0 aromatic carbocycles. The van der Waals surface area contributed by atoms with Crippen LogP contribution in [0.3, 0.4) is 0 Å². The standard InChI is InChI=1S/C3H6.Al.H2NO3P.3H/c1-2-3-1;;1-4-5(2)3;;;/h1-3H2;;1H2;;;/p+1. The summed E-state index contributed by atoms with van der Waals surface area (Å²) in [6.45, 7) is 0. The third kappa shape index (κ3) is 29.3. The van der Waals surface area contributed by atoms with Gasteiger partial charge < -0.3 is 0 Å². The summed E-state index contributed by atoms with van der Waals surface area (Å²) in [6, 6.07) is 0. The highest BCUT2D eigenvalue weighted by molar-refractivity contribution is 7.32. The Labute approximate surface area is 65.4 Å². The lowest BCUT2D eigenvalue weighted by molar-refractivity contribution is 0.292. The molecule has 1 aliphatic carbocycles. The first-order valence-electron chi connectivity index (χ1n) is 2.30. The third-order valence-electron chi connectivity index (χ3n) is 0.444. The Balaban J connectivity index is 0. The minimum Gasteiger partial charge on any atom is -0.162 e. The lowest BCUT2D eigenvalue weighted by atomic mass is 11.0. The molecule has 1 atom stereocenters. The second-order valence-corrected chi connectivity index (χ2v) is 2.09. The zero-order chi connectivity index (χ0) is 6.41. The molecule has 0 saturated heterocycles. The van der Waals surface area contributed by atoms with Gasteiger partial charge in [0.25, 0.3) is 0 Å². The molecule has 0 aliphatic heterocycles. The fourth-order valence-electron chi connectivity index (χ4n) is 0. The summed E-state index contributed by atoms with van der Waals surface area (Å²) in [6.07, 6.45) is 4.50. The molecule has 1 saturated carbocycles. The first kappa shape index (κ1) is 12.2. The summed E-state index contributed by atoms with van der Waals surface area (Å²) in [5.74, 6) is 4.14. The fourth-order valence-corrected chi connectivity index (χ4v) is 0. The first-order chi connectivity index (χ1) is 3.77. The first-order valence-corrected chi connectivity index (χ1v) is 3.43. The summed E-state index contributed by atoms with van der Waals surface area (Å²) in [5, 5.41) is 0. The summed E-state index contributed by atoms with van der Waals surface area (Å²) in [7, 11) is -2.57. The van der Waals surface area contributed by atoms with Crippen LogP contribution in [0.25, 0.3) is 0 Å². The summed E-state index contributed by atoms with van der Waals surface area (Å²) in [4.78, 5) is 7.52. The van der Waals surface area contributed by atoms with Crippen LogP contribution in [0.15, 0.2) is 0 Å². The van der Waals surface area contributed by atoms with Crippen molar-refractivity contribution in [3.05, 3.63) is 0 Å². The largest absolute Gasteiger partial charge is 0.713 e. The quantitative estimate of drug-likeness (QED) is 0.315. The van der Waals surface area contributed by atoms with Gasteiger partial charge in [-0.15, -0.1) is 4.89 Å². The molecule has 1 fully saturated rings. The summed E-state index contributed by atoms with van der Waals surface area (Å²) >= 11 is 0. The topological polar surface area (TPSA) is 72.5 Å². The number of hydrogen-bond acceptors (Lipinski definition) is 3. The zero-order valence-electron chi connectivity index (χ0n) is 4.41. The Hall–Kier alpha value is 0.512. The lowest BCUT2D eigenvalue weighted by Crippen LogP contribution is -1.84. The molecule has 1 aliphatic rings. The molecule has 4 nitrogen and oxygen atoms in total. The third-order valence-corrected chi connectivity index (χ3v) is 0.624. The number of hydrogen-bond donors (Lipinski definition) is 2. The molecule has 0 amide bonds. The van der Waals surface area contributed by atoms with Gasteiger partial charge in [0.05, 0.1) is 0 Å². The Bertz CT molecular complexity index is 76.7. The molecule has 0 spiro atoms. The van der Waals surface area contributed by atoms with Crippen molar-refractivity contribution >= 4 is 25.6 Å². The van der Waals surface area contributed by atoms with Crippen LogP contribution in [0, 0.1) is 0 Å². The van der Waals surface area contributed by atoms with E-state index in [1.807, 2.05) is 0 Å². The minimum absolute atomic E-state index is 0. The average molecular weight is 168 g/mol. The van der Waals surface area contributed by atoms with Crippen molar-refractivity contribution in [2.24, 2.45) is 5.90 Å². The van der Waals surface area contributed by atoms with Crippen LogP contribution >= 0.6 is 8.25 Å². The van der Waals surface area contributed by atoms with Crippen LogP contribution in [0.5, 0.6) is 0 Å². The second-order valence-electron chi connectivity index (χ2n) is 1.40. The predicted octanol–water partition coefficient (Wildman–Crippen LogP) is -0.487. The van der Waals surface area contributed by atoms with E-state index in [2.05, 4.69) is 10.5 Å². The van der Waals surface area contributed by atoms with Gasteiger partial charge in [0.15, 0.2) is 17.4 Å². The van der Waals surface area contributed by atoms with Crippen molar-refractivity contribution in [1.29, 1.82) is 0 Å². The van der Waals surface area contributed by atoms with E-state index in [9.17, 15) is 0 Å². The Morgan fingerprint density at radius 2 is 1.67 bits per heavy atom. The molecule has 1 rings (SSSR count). The van der Waals surface area contributed by atoms with Crippen molar-refractivity contribution in [2.75, 3.05) is 0 Å². The highest BCUT2D eigenvalue weighted by Crippen LogP contribution is 2.14. The Kier molecular flexibility index (Phi) is 11.6. The fraction of sp³-hybridized carbons (Fsp3) is 1.00. The number of nitrogens with two attached hydrogens (primary N) is 1. The molecule has 3 N–H and O–H groups in total. The minimum atomic E-state index is -2.57. The smallest absolute Gasteiger partial charge is 0.162 e. The van der Waals surface area contributed by atoms with Crippen molar-refractivity contribution in [3.8, 4) is 0 Å². The molecule has 0 bridgehead atoms. The van der Waals surface area contributed by atoms with Crippen LogP contribution < -0.4 is 5.90 Å². The van der Waals surface area contributed by atoms with Crippen LogP contribution in [0.2, 0.25) is 0 Å². The SMILES string of the molecule is C1CC1.NO[P+](=O)O.[AlH3]. The Morgan fingerprint density at radius 1 is 1.44 bits per heavy atom. The van der Waals surface area contributed by atoms with Gasteiger partial charge in [-0.3, -0.25) is 0 Å². The molecule has 9 heavy (non-hydrogen) atoms. The van der Waals surface area contributed by atoms with E-state index in [4.69, 9.17) is 9.46 Å². The average Bonchev–Trinajstić information content (AvgIpc) is 2.48. The molecule has 0 aromatic heterocycles. The molecule has 1 unspecified atom stereocenters. The van der Waals surface area contributed by atoms with Crippen molar-refractivity contribution in [1.82, 2.24) is 0 Å². The second kappa shape index (κ2) is 8.51. The van der Waals surface area contributed by atoms with Gasteiger partial charge in [-0.2, -0.15) is 5.90 Å². The summed E-state index contributed by atoms with van der Waals surface area (Å²) < 4.78 is 12.5. The van der Waals surface area contributed by atoms with Gasteiger partial charge >= 0.3 is 8.25 Å². The van der Waals surface area contributed by atoms with Crippen LogP contribution in [-0.4, -0.2) is 22.3 Å². The van der Waals surface area contributed by atoms with Crippen LogP contribution in [-0.2, 0) is 9.19 Å². The van der Waals surface area contributed by atoms with Gasteiger partial charge in [-0.25, -0.2) is 0 Å². The van der Waals surface area contributed by atoms with Gasteiger partial charge in [0, 0.05) is 4.57 Å². The van der Waals surface area contributed by atoms with Gasteiger partial charge in [-0.1, -0.05) is 19.3 Å². The van der Waals surface area contributed by atoms with E-state index >= 15 is 0 Å². The van der Waals surface area contributed by atoms with Gasteiger partial charge in [-0.05, 0) is 4.62 Å². The van der Waals surface area contributed by atoms with E-state index in [1.54, 1.807) is 0 Å². The van der Waals surface area contributed by atoms with E-state index in [-0.39, 0.29) is 17.4 Å². The van der Waals surface area contributed by atoms with E-state index in [0.717, 1.165) is 0 Å². The normalized spacial score (nSPS) is 14.2. The van der Waals surface area contributed by atoms with E-state index in [1.165, 1.54) is 19.3 Å². The lowest BCUT2D eigenvalue weighted by Gasteiger charge is -1.55. The van der Waals surface area contributed by atoms with Crippen molar-refractivity contribution < 1.29 is 14.1 Å².